The molecular formula is C15H27N3O2. The summed E-state index contributed by atoms with van der Waals surface area (Å²) in [7, 11) is 1.81. The van der Waals surface area contributed by atoms with Gasteiger partial charge in [-0.3, -0.25) is 9.48 Å². The first kappa shape index (κ1) is 16.7. The lowest BCUT2D eigenvalue weighted by Gasteiger charge is -2.26. The number of nitrogens with zero attached hydrogens (tertiary/aromatic N) is 2. The smallest absolute Gasteiger partial charge is 0.228 e. The van der Waals surface area contributed by atoms with Gasteiger partial charge >= 0.3 is 0 Å². The number of carbonyl (C=O) groups is 1. The lowest BCUT2D eigenvalue weighted by molar-refractivity contribution is -0.121. The van der Waals surface area contributed by atoms with Gasteiger partial charge < -0.3 is 10.4 Å². The Balaban J connectivity index is 2.75. The van der Waals surface area contributed by atoms with E-state index in [0.29, 0.717) is 18.7 Å². The first-order chi connectivity index (χ1) is 9.33. The Morgan fingerprint density at radius 1 is 1.30 bits per heavy atom. The first-order valence-electron chi connectivity index (χ1n) is 7.35. The Kier molecular flexibility index (Phi) is 5.74. The molecule has 0 unspecified atom stereocenters. The van der Waals surface area contributed by atoms with Crippen LogP contribution in [0.3, 0.4) is 0 Å². The zero-order valence-corrected chi connectivity index (χ0v) is 13.3. The molecule has 0 aliphatic heterocycles. The second-order valence-corrected chi connectivity index (χ2v) is 5.63. The molecule has 0 bridgehead atoms. The topological polar surface area (TPSA) is 67.2 Å². The van der Waals surface area contributed by atoms with Gasteiger partial charge in [0.2, 0.25) is 5.91 Å². The number of hydrogen-bond donors (Lipinski definition) is 2. The van der Waals surface area contributed by atoms with Gasteiger partial charge in [0.05, 0.1) is 17.7 Å². The molecular weight excluding hydrogens is 254 g/mol. The minimum Gasteiger partial charge on any atom is -0.389 e. The van der Waals surface area contributed by atoms with Gasteiger partial charge in [0.1, 0.15) is 5.82 Å². The van der Waals surface area contributed by atoms with Gasteiger partial charge in [0.15, 0.2) is 0 Å². The van der Waals surface area contributed by atoms with Crippen LogP contribution in [0, 0.1) is 13.8 Å². The third kappa shape index (κ3) is 4.07. The van der Waals surface area contributed by atoms with Gasteiger partial charge in [-0.2, -0.15) is 5.10 Å². The normalized spacial score (nSPS) is 11.7. The van der Waals surface area contributed by atoms with E-state index in [1.54, 1.807) is 11.7 Å². The van der Waals surface area contributed by atoms with Crippen molar-refractivity contribution in [1.29, 1.82) is 0 Å². The number of carbonyl (C=O) groups excluding carboxylic acids is 1. The van der Waals surface area contributed by atoms with Crippen molar-refractivity contribution in [1.82, 2.24) is 9.78 Å². The molecule has 0 aliphatic rings. The minimum atomic E-state index is -0.894. The van der Waals surface area contributed by atoms with Gasteiger partial charge in [-0.05, 0) is 26.7 Å². The highest BCUT2D eigenvalue weighted by Crippen LogP contribution is 2.25. The van der Waals surface area contributed by atoms with Crippen LogP contribution in [-0.2, 0) is 11.8 Å². The molecule has 1 aromatic heterocycles. The predicted molar refractivity (Wildman–Crippen MR) is 80.7 cm³/mol. The molecule has 20 heavy (non-hydrogen) atoms. The van der Waals surface area contributed by atoms with Crippen molar-refractivity contribution >= 4 is 11.7 Å². The molecule has 1 amide bonds. The van der Waals surface area contributed by atoms with Crippen molar-refractivity contribution in [2.45, 2.75) is 65.4 Å². The molecule has 0 fully saturated rings. The molecule has 2 N–H and O–H groups in total. The lowest BCUT2D eigenvalue weighted by atomic mass is 9.89. The van der Waals surface area contributed by atoms with E-state index in [1.807, 2.05) is 27.7 Å². The van der Waals surface area contributed by atoms with E-state index in [4.69, 9.17) is 0 Å². The number of aromatic nitrogens is 2. The summed E-state index contributed by atoms with van der Waals surface area (Å²) >= 11 is 0. The second-order valence-electron chi connectivity index (χ2n) is 5.63. The molecule has 0 aliphatic carbocycles. The third-order valence-corrected chi connectivity index (χ3v) is 3.70. The van der Waals surface area contributed by atoms with Gasteiger partial charge in [0.25, 0.3) is 0 Å². The van der Waals surface area contributed by atoms with E-state index < -0.39 is 5.60 Å². The number of anilines is 1. The SMILES string of the molecule is CCCC(O)(CCC)CC(=O)Nc1c(C)c(C)nn1C. The van der Waals surface area contributed by atoms with Crippen LogP contribution >= 0.6 is 0 Å². The average Bonchev–Trinajstić information content (AvgIpc) is 2.56. The fourth-order valence-corrected chi connectivity index (χ4v) is 2.65. The third-order valence-electron chi connectivity index (χ3n) is 3.70. The molecule has 0 saturated heterocycles. The Hall–Kier alpha value is -1.36. The van der Waals surface area contributed by atoms with Crippen molar-refractivity contribution in [3.05, 3.63) is 11.3 Å². The van der Waals surface area contributed by atoms with E-state index in [-0.39, 0.29) is 12.3 Å². The summed E-state index contributed by atoms with van der Waals surface area (Å²) in [6.07, 6.45) is 3.18. The van der Waals surface area contributed by atoms with E-state index >= 15 is 0 Å². The van der Waals surface area contributed by atoms with Crippen LogP contribution in [0.25, 0.3) is 0 Å². The first-order valence-corrected chi connectivity index (χ1v) is 7.35. The molecule has 5 nitrogen and oxygen atoms in total. The number of amides is 1. The van der Waals surface area contributed by atoms with Gasteiger partial charge in [-0.25, -0.2) is 0 Å². The maximum atomic E-state index is 12.2. The minimum absolute atomic E-state index is 0.137. The highest BCUT2D eigenvalue weighted by Gasteiger charge is 2.28. The fraction of sp³-hybridized carbons (Fsp3) is 0.733. The molecule has 114 valence electrons. The summed E-state index contributed by atoms with van der Waals surface area (Å²) in [5.74, 6) is 0.559. The van der Waals surface area contributed by atoms with Gasteiger partial charge in [0, 0.05) is 12.6 Å². The molecule has 5 heteroatoms. The van der Waals surface area contributed by atoms with E-state index in [9.17, 15) is 9.90 Å². The molecule has 1 rings (SSSR count). The zero-order chi connectivity index (χ0) is 15.3. The quantitative estimate of drug-likeness (QED) is 0.807. The average molecular weight is 281 g/mol. The fourth-order valence-electron chi connectivity index (χ4n) is 2.65. The lowest BCUT2D eigenvalue weighted by Crippen LogP contribution is -2.34. The van der Waals surface area contributed by atoms with Crippen molar-refractivity contribution in [3.63, 3.8) is 0 Å². The molecule has 0 aromatic carbocycles. The Labute approximate surface area is 121 Å². The van der Waals surface area contributed by atoms with Crippen molar-refractivity contribution in [2.75, 3.05) is 5.32 Å². The van der Waals surface area contributed by atoms with Crippen molar-refractivity contribution < 1.29 is 9.90 Å². The molecule has 1 heterocycles. The Morgan fingerprint density at radius 2 is 1.85 bits per heavy atom. The van der Waals surface area contributed by atoms with Crippen LogP contribution in [0.1, 0.15) is 57.2 Å². The zero-order valence-electron chi connectivity index (χ0n) is 13.3. The Bertz CT molecular complexity index is 460. The predicted octanol–water partition coefficient (Wildman–Crippen LogP) is 2.70. The molecule has 0 spiro atoms. The molecule has 0 saturated carbocycles. The maximum Gasteiger partial charge on any atom is 0.228 e. The number of aliphatic hydroxyl groups is 1. The van der Waals surface area contributed by atoms with Crippen LogP contribution < -0.4 is 5.32 Å². The van der Waals surface area contributed by atoms with E-state index in [1.165, 1.54) is 0 Å². The second kappa shape index (κ2) is 6.88. The largest absolute Gasteiger partial charge is 0.389 e. The van der Waals surface area contributed by atoms with Gasteiger partial charge in [-0.15, -0.1) is 0 Å². The van der Waals surface area contributed by atoms with Crippen molar-refractivity contribution in [2.24, 2.45) is 7.05 Å². The van der Waals surface area contributed by atoms with Crippen LogP contribution in [0.4, 0.5) is 5.82 Å². The summed E-state index contributed by atoms with van der Waals surface area (Å²) in [6.45, 7) is 7.89. The van der Waals surface area contributed by atoms with Crippen LogP contribution in [0.2, 0.25) is 0 Å². The summed E-state index contributed by atoms with van der Waals surface area (Å²) in [6, 6.07) is 0. The van der Waals surface area contributed by atoms with Crippen molar-refractivity contribution in [3.8, 4) is 0 Å². The Morgan fingerprint density at radius 3 is 2.25 bits per heavy atom. The summed E-state index contributed by atoms with van der Waals surface area (Å²) in [4.78, 5) is 12.2. The highest BCUT2D eigenvalue weighted by atomic mass is 16.3. The highest BCUT2D eigenvalue weighted by molar-refractivity contribution is 5.91. The number of nitrogens with one attached hydrogen (secondary N) is 1. The standard InChI is InChI=1S/C15H27N3O2/c1-6-8-15(20,9-7-2)10-13(19)16-14-11(3)12(4)17-18(14)5/h20H,6-10H2,1-5H3,(H,16,19). The molecule has 0 radical (unpaired) electrons. The van der Waals surface area contributed by atoms with Crippen LogP contribution in [0.15, 0.2) is 0 Å². The molecule has 1 aromatic rings. The number of hydrogen-bond acceptors (Lipinski definition) is 3. The van der Waals surface area contributed by atoms with Gasteiger partial charge in [-0.1, -0.05) is 26.7 Å². The summed E-state index contributed by atoms with van der Waals surface area (Å²) in [5, 5.41) is 17.7. The number of rotatable bonds is 7. The maximum absolute atomic E-state index is 12.2. The van der Waals surface area contributed by atoms with Crippen LogP contribution in [0.5, 0.6) is 0 Å². The van der Waals surface area contributed by atoms with E-state index in [2.05, 4.69) is 10.4 Å². The van der Waals surface area contributed by atoms with E-state index in [0.717, 1.165) is 24.1 Å². The monoisotopic (exact) mass is 281 g/mol. The summed E-state index contributed by atoms with van der Waals surface area (Å²) in [5.41, 5.74) is 0.977. The number of aryl methyl sites for hydroxylation is 2. The molecule has 0 atom stereocenters. The van der Waals surface area contributed by atoms with Crippen LogP contribution in [-0.4, -0.2) is 26.4 Å². The summed E-state index contributed by atoms with van der Waals surface area (Å²) < 4.78 is 1.67.